The molecule has 1 aliphatic rings. The van der Waals surface area contributed by atoms with Gasteiger partial charge < -0.3 is 15.0 Å². The summed E-state index contributed by atoms with van der Waals surface area (Å²) in [5, 5.41) is 3.93. The van der Waals surface area contributed by atoms with Gasteiger partial charge in [-0.15, -0.1) is 0 Å². The molecule has 0 unspecified atom stereocenters. The van der Waals surface area contributed by atoms with Crippen LogP contribution in [0.5, 0.6) is 5.75 Å². The highest BCUT2D eigenvalue weighted by molar-refractivity contribution is 5.51. The largest absolute Gasteiger partial charge is 0.482 e. The van der Waals surface area contributed by atoms with Crippen LogP contribution in [0.4, 0.5) is 5.69 Å². The molecule has 1 fully saturated rings. The molecule has 2 N–H and O–H groups in total. The number of nitrogens with zero attached hydrogens (tertiary/aromatic N) is 2. The topological polar surface area (TPSA) is 74.2 Å². The van der Waals surface area contributed by atoms with Crippen molar-refractivity contribution in [2.75, 3.05) is 5.73 Å². The van der Waals surface area contributed by atoms with E-state index in [9.17, 15) is 0 Å². The standard InChI is InChI=1S/C13H15N3O2/c14-10-3-1-2-4-11(10)17-8-13-15-12(16-18-13)7-9-5-6-9/h1-4,9H,5-8,14H2. The fourth-order valence-electron chi connectivity index (χ4n) is 1.76. The van der Waals surface area contributed by atoms with Gasteiger partial charge in [0.15, 0.2) is 12.4 Å². The number of hydrogen-bond donors (Lipinski definition) is 1. The first-order chi connectivity index (χ1) is 8.81. The Hall–Kier alpha value is -2.04. The molecule has 3 rings (SSSR count). The fraction of sp³-hybridized carbons (Fsp3) is 0.385. The molecule has 1 aromatic carbocycles. The molecule has 5 nitrogen and oxygen atoms in total. The summed E-state index contributed by atoms with van der Waals surface area (Å²) in [5.74, 6) is 2.66. The Balaban J connectivity index is 1.59. The van der Waals surface area contributed by atoms with Crippen molar-refractivity contribution in [1.82, 2.24) is 10.1 Å². The maximum atomic E-state index is 5.77. The van der Waals surface area contributed by atoms with Crippen molar-refractivity contribution in [1.29, 1.82) is 0 Å². The van der Waals surface area contributed by atoms with Gasteiger partial charge in [-0.1, -0.05) is 17.3 Å². The van der Waals surface area contributed by atoms with E-state index < -0.39 is 0 Å². The van der Waals surface area contributed by atoms with Crippen LogP contribution in [0.1, 0.15) is 24.6 Å². The van der Waals surface area contributed by atoms with Crippen LogP contribution in [0.25, 0.3) is 0 Å². The van der Waals surface area contributed by atoms with Crippen molar-refractivity contribution < 1.29 is 9.26 Å². The molecule has 0 bridgehead atoms. The minimum Gasteiger partial charge on any atom is -0.482 e. The van der Waals surface area contributed by atoms with E-state index in [1.54, 1.807) is 6.07 Å². The molecule has 1 saturated carbocycles. The predicted molar refractivity (Wildman–Crippen MR) is 65.9 cm³/mol. The van der Waals surface area contributed by atoms with Gasteiger partial charge >= 0.3 is 0 Å². The summed E-state index contributed by atoms with van der Waals surface area (Å²) in [6.07, 6.45) is 3.47. The van der Waals surface area contributed by atoms with Gasteiger partial charge in [0, 0.05) is 6.42 Å². The third kappa shape index (κ3) is 2.61. The molecule has 0 amide bonds. The third-order valence-corrected chi connectivity index (χ3v) is 2.95. The smallest absolute Gasteiger partial charge is 0.264 e. The van der Waals surface area contributed by atoms with Crippen molar-refractivity contribution in [2.45, 2.75) is 25.9 Å². The normalized spacial score (nSPS) is 14.7. The summed E-state index contributed by atoms with van der Waals surface area (Å²) in [5.41, 5.74) is 6.38. The SMILES string of the molecule is Nc1ccccc1OCc1nc(CC2CC2)no1. The molecule has 1 aromatic heterocycles. The number of benzene rings is 1. The lowest BCUT2D eigenvalue weighted by atomic mass is 10.3. The first-order valence-electron chi connectivity index (χ1n) is 6.10. The van der Waals surface area contributed by atoms with Gasteiger partial charge in [-0.25, -0.2) is 0 Å². The van der Waals surface area contributed by atoms with Crippen molar-refractivity contribution in [3.63, 3.8) is 0 Å². The summed E-state index contributed by atoms with van der Waals surface area (Å²) >= 11 is 0. The first kappa shape index (κ1) is 11.1. The second-order valence-corrected chi connectivity index (χ2v) is 4.58. The van der Waals surface area contributed by atoms with E-state index in [0.717, 1.165) is 18.2 Å². The molecule has 94 valence electrons. The number of nitrogens with two attached hydrogens (primary N) is 1. The average molecular weight is 245 g/mol. The molecule has 2 aromatic rings. The molecule has 0 radical (unpaired) electrons. The van der Waals surface area contributed by atoms with Crippen LogP contribution in [0.3, 0.4) is 0 Å². The number of hydrogen-bond acceptors (Lipinski definition) is 5. The van der Waals surface area contributed by atoms with Crippen molar-refractivity contribution in [3.8, 4) is 5.75 Å². The van der Waals surface area contributed by atoms with E-state index in [1.165, 1.54) is 12.8 Å². The summed E-state index contributed by atoms with van der Waals surface area (Å²) < 4.78 is 10.7. The highest BCUT2D eigenvalue weighted by atomic mass is 16.5. The highest BCUT2D eigenvalue weighted by Gasteiger charge is 2.24. The van der Waals surface area contributed by atoms with Gasteiger partial charge in [0.1, 0.15) is 5.75 Å². The molecular weight excluding hydrogens is 230 g/mol. The molecule has 0 spiro atoms. The summed E-state index contributed by atoms with van der Waals surface area (Å²) in [6.45, 7) is 0.256. The molecule has 18 heavy (non-hydrogen) atoms. The third-order valence-electron chi connectivity index (χ3n) is 2.95. The fourth-order valence-corrected chi connectivity index (χ4v) is 1.76. The Kier molecular flexibility index (Phi) is 2.88. The Labute approximate surface area is 105 Å². The second-order valence-electron chi connectivity index (χ2n) is 4.58. The van der Waals surface area contributed by atoms with E-state index in [4.69, 9.17) is 15.0 Å². The lowest BCUT2D eigenvalue weighted by Gasteiger charge is -2.05. The monoisotopic (exact) mass is 245 g/mol. The number of anilines is 1. The van der Waals surface area contributed by atoms with Gasteiger partial charge in [-0.05, 0) is 30.9 Å². The van der Waals surface area contributed by atoms with Crippen LogP contribution >= 0.6 is 0 Å². The lowest BCUT2D eigenvalue weighted by molar-refractivity contribution is 0.243. The van der Waals surface area contributed by atoms with E-state index in [0.29, 0.717) is 17.3 Å². The second kappa shape index (κ2) is 4.68. The van der Waals surface area contributed by atoms with Crippen LogP contribution in [-0.4, -0.2) is 10.1 Å². The lowest BCUT2D eigenvalue weighted by Crippen LogP contribution is -1.99. The molecule has 5 heteroatoms. The molecule has 0 atom stereocenters. The molecule has 1 aliphatic carbocycles. The highest BCUT2D eigenvalue weighted by Crippen LogP contribution is 2.31. The molecule has 1 heterocycles. The quantitative estimate of drug-likeness (QED) is 0.817. The Morgan fingerprint density at radius 3 is 2.94 bits per heavy atom. The Bertz CT molecular complexity index is 535. The minimum absolute atomic E-state index is 0.256. The van der Waals surface area contributed by atoms with Crippen molar-refractivity contribution in [2.24, 2.45) is 5.92 Å². The van der Waals surface area contributed by atoms with E-state index in [2.05, 4.69) is 10.1 Å². The van der Waals surface area contributed by atoms with E-state index >= 15 is 0 Å². The molecule has 0 aliphatic heterocycles. The zero-order chi connectivity index (χ0) is 12.4. The predicted octanol–water partition coefficient (Wildman–Crippen LogP) is 2.18. The first-order valence-corrected chi connectivity index (χ1v) is 6.10. The number of rotatable bonds is 5. The van der Waals surface area contributed by atoms with Crippen LogP contribution < -0.4 is 10.5 Å². The zero-order valence-electron chi connectivity index (χ0n) is 10.0. The van der Waals surface area contributed by atoms with Crippen LogP contribution in [0, 0.1) is 5.92 Å². The maximum absolute atomic E-state index is 5.77. The molecular formula is C13H15N3O2. The number of ether oxygens (including phenoxy) is 1. The molecule has 0 saturated heterocycles. The number of aromatic nitrogens is 2. The number of nitrogen functional groups attached to an aromatic ring is 1. The Morgan fingerprint density at radius 1 is 1.33 bits per heavy atom. The van der Waals surface area contributed by atoms with Crippen LogP contribution in [0.15, 0.2) is 28.8 Å². The van der Waals surface area contributed by atoms with Gasteiger partial charge in [-0.3, -0.25) is 0 Å². The van der Waals surface area contributed by atoms with Gasteiger partial charge in [0.2, 0.25) is 0 Å². The summed E-state index contributed by atoms with van der Waals surface area (Å²) in [7, 11) is 0. The van der Waals surface area contributed by atoms with Gasteiger partial charge in [0.25, 0.3) is 5.89 Å². The van der Waals surface area contributed by atoms with Crippen LogP contribution in [0.2, 0.25) is 0 Å². The van der Waals surface area contributed by atoms with Gasteiger partial charge in [0.05, 0.1) is 5.69 Å². The van der Waals surface area contributed by atoms with E-state index in [-0.39, 0.29) is 6.61 Å². The van der Waals surface area contributed by atoms with E-state index in [1.807, 2.05) is 18.2 Å². The maximum Gasteiger partial charge on any atom is 0.264 e. The zero-order valence-corrected chi connectivity index (χ0v) is 10.0. The number of para-hydroxylation sites is 2. The van der Waals surface area contributed by atoms with Crippen LogP contribution in [-0.2, 0) is 13.0 Å². The van der Waals surface area contributed by atoms with Gasteiger partial charge in [-0.2, -0.15) is 4.98 Å². The summed E-state index contributed by atoms with van der Waals surface area (Å²) in [6, 6.07) is 7.35. The minimum atomic E-state index is 0.256. The average Bonchev–Trinajstić information content (AvgIpc) is 3.06. The Morgan fingerprint density at radius 2 is 2.17 bits per heavy atom. The van der Waals surface area contributed by atoms with Crippen molar-refractivity contribution in [3.05, 3.63) is 36.0 Å². The van der Waals surface area contributed by atoms with Crippen molar-refractivity contribution >= 4 is 5.69 Å². The summed E-state index contributed by atoms with van der Waals surface area (Å²) in [4.78, 5) is 4.29.